The largest absolute Gasteiger partial charge is 0.490 e. The van der Waals surface area contributed by atoms with E-state index in [4.69, 9.17) is 14.5 Å². The van der Waals surface area contributed by atoms with Crippen LogP contribution < -0.4 is 9.64 Å². The summed E-state index contributed by atoms with van der Waals surface area (Å²) in [6.07, 6.45) is 1.75. The molecule has 29 heavy (non-hydrogen) atoms. The van der Waals surface area contributed by atoms with Crippen LogP contribution in [-0.4, -0.2) is 67.9 Å². The molecule has 0 bridgehead atoms. The Kier molecular flexibility index (Phi) is 6.22. The van der Waals surface area contributed by atoms with Crippen LogP contribution in [0.2, 0.25) is 0 Å². The average molecular weight is 393 g/mol. The van der Waals surface area contributed by atoms with E-state index in [-0.39, 0.29) is 0 Å². The molecule has 0 unspecified atom stereocenters. The van der Waals surface area contributed by atoms with Crippen LogP contribution in [0.5, 0.6) is 5.75 Å². The third kappa shape index (κ3) is 4.49. The molecule has 0 radical (unpaired) electrons. The van der Waals surface area contributed by atoms with Crippen molar-refractivity contribution in [2.24, 2.45) is 0 Å². The fourth-order valence-electron chi connectivity index (χ4n) is 3.69. The zero-order valence-electron chi connectivity index (χ0n) is 17.2. The molecule has 4 rings (SSSR count). The third-order valence-corrected chi connectivity index (χ3v) is 5.39. The quantitative estimate of drug-likeness (QED) is 0.574. The van der Waals surface area contributed by atoms with Crippen molar-refractivity contribution in [3.8, 4) is 17.1 Å². The van der Waals surface area contributed by atoms with E-state index in [1.807, 2.05) is 12.1 Å². The Morgan fingerprint density at radius 3 is 2.52 bits per heavy atom. The molecule has 6 nitrogen and oxygen atoms in total. The summed E-state index contributed by atoms with van der Waals surface area (Å²) in [6.45, 7) is 8.53. The van der Waals surface area contributed by atoms with Crippen molar-refractivity contribution in [1.82, 2.24) is 14.9 Å². The highest BCUT2D eigenvalue weighted by molar-refractivity contribution is 5.94. The lowest BCUT2D eigenvalue weighted by atomic mass is 10.1. The summed E-state index contributed by atoms with van der Waals surface area (Å²) >= 11 is 0. The van der Waals surface area contributed by atoms with Gasteiger partial charge in [0.2, 0.25) is 0 Å². The summed E-state index contributed by atoms with van der Waals surface area (Å²) in [6, 6.07) is 14.5. The number of rotatable bonds is 7. The highest BCUT2D eigenvalue weighted by Crippen LogP contribution is 2.30. The summed E-state index contributed by atoms with van der Waals surface area (Å²) in [7, 11) is 1.66. The van der Waals surface area contributed by atoms with Gasteiger partial charge >= 0.3 is 0 Å². The number of methoxy groups -OCH3 is 1. The molecule has 2 aromatic heterocycles. The van der Waals surface area contributed by atoms with Crippen molar-refractivity contribution < 1.29 is 9.47 Å². The topological polar surface area (TPSA) is 50.7 Å². The Labute approximate surface area is 172 Å². The van der Waals surface area contributed by atoms with E-state index in [9.17, 15) is 0 Å². The average Bonchev–Trinajstić information content (AvgIpc) is 2.79. The Bertz CT molecular complexity index is 937. The number of anilines is 1. The van der Waals surface area contributed by atoms with Gasteiger partial charge in [0.05, 0.1) is 24.2 Å². The molecule has 0 N–H and O–H groups in total. The van der Waals surface area contributed by atoms with Crippen molar-refractivity contribution in [3.63, 3.8) is 0 Å². The molecule has 1 fully saturated rings. The van der Waals surface area contributed by atoms with Gasteiger partial charge in [0.1, 0.15) is 18.2 Å². The van der Waals surface area contributed by atoms with E-state index in [1.165, 1.54) is 10.8 Å². The molecular weight excluding hydrogens is 364 g/mol. The summed E-state index contributed by atoms with van der Waals surface area (Å²) in [5, 5.41) is 2.38. The first-order valence-corrected chi connectivity index (χ1v) is 10.2. The molecule has 1 aromatic carbocycles. The normalized spacial score (nSPS) is 15.0. The molecule has 1 saturated heterocycles. The summed E-state index contributed by atoms with van der Waals surface area (Å²) in [5.41, 5.74) is 1.74. The van der Waals surface area contributed by atoms with Crippen molar-refractivity contribution in [2.45, 2.75) is 6.92 Å². The number of aromatic nitrogens is 2. The Morgan fingerprint density at radius 2 is 1.79 bits per heavy atom. The van der Waals surface area contributed by atoms with Gasteiger partial charge in [-0.25, -0.2) is 4.98 Å². The summed E-state index contributed by atoms with van der Waals surface area (Å²) < 4.78 is 10.6. The fraction of sp³-hybridized carbons (Fsp3) is 0.391. The molecule has 0 spiro atoms. The third-order valence-electron chi connectivity index (χ3n) is 5.39. The van der Waals surface area contributed by atoms with Crippen molar-refractivity contribution >= 4 is 16.6 Å². The standard InChI is InChI=1S/C23H28N4O2/c1-3-26-10-12-27(13-11-26)23-20-7-5-4-6-18(20)16-22(25-23)21-9-8-19(17-24-21)29-15-14-28-2/h4-9,16-17H,3,10-15H2,1-2H3. The van der Waals surface area contributed by atoms with E-state index >= 15 is 0 Å². The Hall–Kier alpha value is -2.70. The van der Waals surface area contributed by atoms with Crippen molar-refractivity contribution in [1.29, 1.82) is 0 Å². The molecule has 0 aliphatic carbocycles. The Morgan fingerprint density at radius 1 is 0.966 bits per heavy atom. The number of hydrogen-bond donors (Lipinski definition) is 0. The maximum Gasteiger partial charge on any atom is 0.137 e. The lowest BCUT2D eigenvalue weighted by Gasteiger charge is -2.35. The highest BCUT2D eigenvalue weighted by atomic mass is 16.5. The van der Waals surface area contributed by atoms with Crippen molar-refractivity contribution in [3.05, 3.63) is 48.7 Å². The second kappa shape index (κ2) is 9.20. The number of pyridine rings is 2. The SMILES string of the molecule is CCN1CCN(c2nc(-c3ccc(OCCOC)cn3)cc3ccccc23)CC1. The zero-order valence-corrected chi connectivity index (χ0v) is 17.2. The van der Waals surface area contributed by atoms with E-state index in [0.29, 0.717) is 13.2 Å². The van der Waals surface area contributed by atoms with Crippen LogP contribution in [0.1, 0.15) is 6.92 Å². The van der Waals surface area contributed by atoms with Crippen LogP contribution in [0.3, 0.4) is 0 Å². The van der Waals surface area contributed by atoms with E-state index < -0.39 is 0 Å². The summed E-state index contributed by atoms with van der Waals surface area (Å²) in [4.78, 5) is 14.5. The van der Waals surface area contributed by atoms with Gasteiger partial charge in [-0.05, 0) is 30.1 Å². The molecule has 1 aliphatic rings. The van der Waals surface area contributed by atoms with Crippen LogP contribution in [0, 0.1) is 0 Å². The molecule has 152 valence electrons. The minimum absolute atomic E-state index is 0.514. The molecule has 6 heteroatoms. The number of nitrogens with zero attached hydrogens (tertiary/aromatic N) is 4. The predicted octanol–water partition coefficient (Wildman–Crippen LogP) is 3.46. The minimum atomic E-state index is 0.514. The van der Waals surface area contributed by atoms with Gasteiger partial charge in [0.15, 0.2) is 0 Å². The van der Waals surface area contributed by atoms with E-state index in [0.717, 1.165) is 55.7 Å². The van der Waals surface area contributed by atoms with Gasteiger partial charge in [-0.2, -0.15) is 0 Å². The second-order valence-electron chi connectivity index (χ2n) is 7.19. The van der Waals surface area contributed by atoms with Crippen LogP contribution in [0.15, 0.2) is 48.7 Å². The maximum atomic E-state index is 5.63. The molecule has 0 amide bonds. The first kappa shape index (κ1) is 19.6. The van der Waals surface area contributed by atoms with Crippen LogP contribution in [0.25, 0.3) is 22.2 Å². The van der Waals surface area contributed by atoms with Gasteiger partial charge in [-0.1, -0.05) is 31.2 Å². The molecule has 3 heterocycles. The van der Waals surface area contributed by atoms with Crippen molar-refractivity contribution in [2.75, 3.05) is 57.9 Å². The number of benzene rings is 1. The van der Waals surface area contributed by atoms with Gasteiger partial charge in [0.25, 0.3) is 0 Å². The number of ether oxygens (including phenoxy) is 2. The van der Waals surface area contributed by atoms with Gasteiger partial charge < -0.3 is 19.3 Å². The lowest BCUT2D eigenvalue weighted by Crippen LogP contribution is -2.46. The van der Waals surface area contributed by atoms with Crippen LogP contribution in [-0.2, 0) is 4.74 Å². The van der Waals surface area contributed by atoms with Gasteiger partial charge in [0, 0.05) is 38.7 Å². The molecule has 0 saturated carbocycles. The highest BCUT2D eigenvalue weighted by Gasteiger charge is 2.20. The predicted molar refractivity (Wildman–Crippen MR) is 117 cm³/mol. The lowest BCUT2D eigenvalue weighted by molar-refractivity contribution is 0.146. The first-order chi connectivity index (χ1) is 14.3. The fourth-order valence-corrected chi connectivity index (χ4v) is 3.69. The van der Waals surface area contributed by atoms with Crippen LogP contribution in [0.4, 0.5) is 5.82 Å². The number of fused-ring (bicyclic) bond motifs is 1. The molecular formula is C23H28N4O2. The second-order valence-corrected chi connectivity index (χ2v) is 7.19. The van der Waals surface area contributed by atoms with E-state index in [2.05, 4.69) is 52.0 Å². The zero-order chi connectivity index (χ0) is 20.1. The van der Waals surface area contributed by atoms with Gasteiger partial charge in [-0.15, -0.1) is 0 Å². The minimum Gasteiger partial charge on any atom is -0.490 e. The number of hydrogen-bond acceptors (Lipinski definition) is 6. The number of piperazine rings is 1. The van der Waals surface area contributed by atoms with E-state index in [1.54, 1.807) is 13.3 Å². The Balaban J connectivity index is 1.63. The maximum absolute atomic E-state index is 5.63. The molecule has 1 aliphatic heterocycles. The number of likely N-dealkylation sites (N-methyl/N-ethyl adjacent to an activating group) is 1. The van der Waals surface area contributed by atoms with Gasteiger partial charge in [-0.3, -0.25) is 4.98 Å². The molecule has 0 atom stereocenters. The molecule has 3 aromatic rings. The monoisotopic (exact) mass is 392 g/mol. The summed E-state index contributed by atoms with van der Waals surface area (Å²) in [5.74, 6) is 1.79. The first-order valence-electron chi connectivity index (χ1n) is 10.2. The van der Waals surface area contributed by atoms with Crippen LogP contribution >= 0.6 is 0 Å². The smallest absolute Gasteiger partial charge is 0.137 e.